The Morgan fingerprint density at radius 1 is 1.04 bits per heavy atom. The van der Waals surface area contributed by atoms with Gasteiger partial charge in [0.25, 0.3) is 0 Å². The quantitative estimate of drug-likeness (QED) is 0.695. The van der Waals surface area contributed by atoms with E-state index in [1.165, 1.54) is 12.1 Å². The number of hydrogen-bond donors (Lipinski definition) is 1. The maximum atomic E-state index is 13.4. The maximum Gasteiger partial charge on any atom is 0.449 e. The van der Waals surface area contributed by atoms with Crippen LogP contribution in [0.15, 0.2) is 42.5 Å². The topological polar surface area (TPSA) is 46.9 Å². The Morgan fingerprint density at radius 2 is 1.67 bits per heavy atom. The first-order chi connectivity index (χ1) is 12.8. The summed E-state index contributed by atoms with van der Waals surface area (Å²) >= 11 is 0. The van der Waals surface area contributed by atoms with Crippen LogP contribution in [0.3, 0.4) is 0 Å². The van der Waals surface area contributed by atoms with Crippen molar-refractivity contribution >= 4 is 22.6 Å². The van der Waals surface area contributed by atoms with Crippen LogP contribution >= 0.6 is 0 Å². The van der Waals surface area contributed by atoms with E-state index in [1.807, 2.05) is 32.0 Å². The van der Waals surface area contributed by atoms with Gasteiger partial charge in [0.05, 0.1) is 11.0 Å². The molecule has 2 aromatic carbocycles. The SMILES string of the molecule is CCc1cccc(CC)c1NC(=O)Cn1c(C(F)(F)F)nc2ccccc21. The van der Waals surface area contributed by atoms with Crippen LogP contribution in [0.5, 0.6) is 0 Å². The summed E-state index contributed by atoms with van der Waals surface area (Å²) < 4.78 is 41.1. The van der Waals surface area contributed by atoms with E-state index in [-0.39, 0.29) is 11.0 Å². The van der Waals surface area contributed by atoms with Crippen molar-refractivity contribution in [2.24, 2.45) is 0 Å². The summed E-state index contributed by atoms with van der Waals surface area (Å²) in [5.41, 5.74) is 3.08. The Labute approximate surface area is 155 Å². The maximum absolute atomic E-state index is 13.4. The third-order valence-corrected chi connectivity index (χ3v) is 4.47. The third-order valence-electron chi connectivity index (χ3n) is 4.47. The number of fused-ring (bicyclic) bond motifs is 1. The van der Waals surface area contributed by atoms with E-state index in [4.69, 9.17) is 0 Å². The number of anilines is 1. The van der Waals surface area contributed by atoms with Crippen LogP contribution in [0.4, 0.5) is 18.9 Å². The van der Waals surface area contributed by atoms with Gasteiger partial charge < -0.3 is 9.88 Å². The molecule has 0 saturated heterocycles. The number of nitrogens with one attached hydrogen (secondary N) is 1. The van der Waals surface area contributed by atoms with E-state index in [0.29, 0.717) is 18.5 Å². The van der Waals surface area contributed by atoms with E-state index in [1.54, 1.807) is 12.1 Å². The zero-order valence-corrected chi connectivity index (χ0v) is 15.1. The lowest BCUT2D eigenvalue weighted by Gasteiger charge is -2.16. The highest BCUT2D eigenvalue weighted by molar-refractivity contribution is 5.93. The molecule has 0 spiro atoms. The van der Waals surface area contributed by atoms with Gasteiger partial charge in [-0.3, -0.25) is 4.79 Å². The monoisotopic (exact) mass is 375 g/mol. The van der Waals surface area contributed by atoms with Crippen molar-refractivity contribution in [3.8, 4) is 0 Å². The number of carbonyl (C=O) groups is 1. The number of para-hydroxylation sites is 3. The van der Waals surface area contributed by atoms with Gasteiger partial charge in [0.1, 0.15) is 6.54 Å². The molecule has 3 aromatic rings. The molecule has 4 nitrogen and oxygen atoms in total. The molecule has 7 heteroatoms. The first kappa shape index (κ1) is 18.9. The molecule has 0 aliphatic heterocycles. The molecular weight excluding hydrogens is 355 g/mol. The average molecular weight is 375 g/mol. The molecule has 0 unspecified atom stereocenters. The predicted octanol–water partition coefficient (Wildman–Crippen LogP) is 4.82. The first-order valence-corrected chi connectivity index (χ1v) is 8.78. The van der Waals surface area contributed by atoms with Gasteiger partial charge in [0.15, 0.2) is 0 Å². The van der Waals surface area contributed by atoms with Crippen molar-refractivity contribution < 1.29 is 18.0 Å². The van der Waals surface area contributed by atoms with E-state index < -0.39 is 24.5 Å². The number of aryl methyl sites for hydroxylation is 2. The number of hydrogen-bond acceptors (Lipinski definition) is 2. The van der Waals surface area contributed by atoms with Crippen LogP contribution < -0.4 is 5.32 Å². The van der Waals surface area contributed by atoms with Gasteiger partial charge in [0, 0.05) is 5.69 Å². The molecule has 0 aliphatic carbocycles. The molecule has 3 rings (SSSR count). The molecule has 1 heterocycles. The zero-order chi connectivity index (χ0) is 19.6. The van der Waals surface area contributed by atoms with E-state index >= 15 is 0 Å². The lowest BCUT2D eigenvalue weighted by Crippen LogP contribution is -2.24. The Hall–Kier alpha value is -2.83. The van der Waals surface area contributed by atoms with Gasteiger partial charge in [-0.2, -0.15) is 13.2 Å². The molecule has 142 valence electrons. The van der Waals surface area contributed by atoms with Crippen molar-refractivity contribution in [2.75, 3.05) is 5.32 Å². The molecule has 0 saturated carbocycles. The number of alkyl halides is 3. The lowest BCUT2D eigenvalue weighted by molar-refractivity contribution is -0.147. The highest BCUT2D eigenvalue weighted by Crippen LogP contribution is 2.31. The van der Waals surface area contributed by atoms with E-state index in [9.17, 15) is 18.0 Å². The Morgan fingerprint density at radius 3 is 2.26 bits per heavy atom. The number of benzene rings is 2. The Bertz CT molecular complexity index is 954. The fraction of sp³-hybridized carbons (Fsp3) is 0.300. The van der Waals surface area contributed by atoms with Gasteiger partial charge >= 0.3 is 6.18 Å². The van der Waals surface area contributed by atoms with Crippen molar-refractivity contribution in [1.82, 2.24) is 9.55 Å². The highest BCUT2D eigenvalue weighted by Gasteiger charge is 2.38. The molecule has 1 aromatic heterocycles. The van der Waals surface area contributed by atoms with Gasteiger partial charge in [-0.1, -0.05) is 44.2 Å². The second kappa shape index (κ2) is 7.42. The van der Waals surface area contributed by atoms with Crippen LogP contribution in [0.25, 0.3) is 11.0 Å². The standard InChI is InChI=1S/C20H20F3N3O/c1-3-13-8-7-9-14(4-2)18(13)25-17(27)12-26-16-11-6-5-10-15(16)24-19(26)20(21,22)23/h5-11H,3-4,12H2,1-2H3,(H,25,27). The average Bonchev–Trinajstić information content (AvgIpc) is 3.01. The van der Waals surface area contributed by atoms with Crippen LogP contribution in [-0.4, -0.2) is 15.5 Å². The number of amides is 1. The van der Waals surface area contributed by atoms with Crippen molar-refractivity contribution in [2.45, 2.75) is 39.4 Å². The molecule has 0 bridgehead atoms. The number of aromatic nitrogens is 2. The number of rotatable bonds is 5. The largest absolute Gasteiger partial charge is 0.449 e. The van der Waals surface area contributed by atoms with Crippen LogP contribution in [0.1, 0.15) is 30.8 Å². The molecule has 0 atom stereocenters. The summed E-state index contributed by atoms with van der Waals surface area (Å²) in [5.74, 6) is -1.59. The Balaban J connectivity index is 1.96. The lowest BCUT2D eigenvalue weighted by atomic mass is 10.0. The number of carbonyl (C=O) groups excluding carboxylic acids is 1. The Kier molecular flexibility index (Phi) is 5.21. The van der Waals surface area contributed by atoms with Crippen LogP contribution in [0.2, 0.25) is 0 Å². The van der Waals surface area contributed by atoms with E-state index in [0.717, 1.165) is 15.7 Å². The molecule has 1 amide bonds. The molecular formula is C20H20F3N3O. The zero-order valence-electron chi connectivity index (χ0n) is 15.1. The minimum absolute atomic E-state index is 0.209. The van der Waals surface area contributed by atoms with Crippen molar-refractivity contribution in [3.05, 3.63) is 59.4 Å². The smallest absolute Gasteiger partial charge is 0.324 e. The van der Waals surface area contributed by atoms with E-state index in [2.05, 4.69) is 10.3 Å². The third kappa shape index (κ3) is 3.82. The molecule has 0 fully saturated rings. The second-order valence-electron chi connectivity index (χ2n) is 6.21. The number of nitrogens with zero attached hydrogens (tertiary/aromatic N) is 2. The molecule has 1 N–H and O–H groups in total. The summed E-state index contributed by atoms with van der Waals surface area (Å²) in [6.45, 7) is 3.47. The minimum Gasteiger partial charge on any atom is -0.324 e. The number of halogens is 3. The summed E-state index contributed by atoms with van der Waals surface area (Å²) in [5, 5.41) is 2.81. The molecule has 0 aliphatic rings. The van der Waals surface area contributed by atoms with Crippen molar-refractivity contribution in [3.63, 3.8) is 0 Å². The molecule has 27 heavy (non-hydrogen) atoms. The summed E-state index contributed by atoms with van der Waals surface area (Å²) in [7, 11) is 0. The fourth-order valence-electron chi connectivity index (χ4n) is 3.18. The van der Waals surface area contributed by atoms with Gasteiger partial charge in [0.2, 0.25) is 11.7 Å². The summed E-state index contributed by atoms with van der Waals surface area (Å²) in [4.78, 5) is 16.3. The second-order valence-corrected chi connectivity index (χ2v) is 6.21. The van der Waals surface area contributed by atoms with Crippen LogP contribution in [0, 0.1) is 0 Å². The van der Waals surface area contributed by atoms with Gasteiger partial charge in [-0.15, -0.1) is 0 Å². The summed E-state index contributed by atoms with van der Waals surface area (Å²) in [6, 6.07) is 12.0. The van der Waals surface area contributed by atoms with Gasteiger partial charge in [-0.25, -0.2) is 4.98 Å². The fourth-order valence-corrected chi connectivity index (χ4v) is 3.18. The predicted molar refractivity (Wildman–Crippen MR) is 98.6 cm³/mol. The number of imidazole rings is 1. The van der Waals surface area contributed by atoms with Crippen molar-refractivity contribution in [1.29, 1.82) is 0 Å². The normalized spacial score (nSPS) is 11.7. The molecule has 0 radical (unpaired) electrons. The minimum atomic E-state index is -4.64. The van der Waals surface area contributed by atoms with Crippen LogP contribution in [-0.2, 0) is 30.4 Å². The first-order valence-electron chi connectivity index (χ1n) is 8.78. The highest BCUT2D eigenvalue weighted by atomic mass is 19.4. The van der Waals surface area contributed by atoms with Gasteiger partial charge in [-0.05, 0) is 36.1 Å². The summed E-state index contributed by atoms with van der Waals surface area (Å²) in [6.07, 6.45) is -3.22.